The van der Waals surface area contributed by atoms with Crippen molar-refractivity contribution in [1.29, 1.82) is 5.26 Å². The van der Waals surface area contributed by atoms with E-state index in [1.54, 1.807) is 0 Å². The Balaban J connectivity index is 2.39. The van der Waals surface area contributed by atoms with E-state index in [0.717, 1.165) is 12.5 Å². The highest BCUT2D eigenvalue weighted by molar-refractivity contribution is 4.84. The summed E-state index contributed by atoms with van der Waals surface area (Å²) in [5.41, 5.74) is 0.215. The minimum atomic E-state index is 0.215. The van der Waals surface area contributed by atoms with Gasteiger partial charge >= 0.3 is 0 Å². The molecule has 0 aliphatic heterocycles. The number of hydrogen-bond donors (Lipinski definition) is 0. The van der Waals surface area contributed by atoms with Crippen LogP contribution in [0, 0.1) is 17.2 Å². The second kappa shape index (κ2) is 4.79. The van der Waals surface area contributed by atoms with Gasteiger partial charge in [0.25, 0.3) is 0 Å². The van der Waals surface area contributed by atoms with Gasteiger partial charge in [0.1, 0.15) is 0 Å². The largest absolute Gasteiger partial charge is 0.297 e. The molecule has 1 aliphatic carbocycles. The molecule has 0 saturated heterocycles. The van der Waals surface area contributed by atoms with Crippen LogP contribution in [0.15, 0.2) is 0 Å². The molecule has 0 radical (unpaired) electrons. The van der Waals surface area contributed by atoms with Gasteiger partial charge in [0, 0.05) is 25.0 Å². The van der Waals surface area contributed by atoms with Crippen molar-refractivity contribution in [3.63, 3.8) is 0 Å². The smallest absolute Gasteiger partial charge is 0.0635 e. The SMILES string of the molecule is CC(C)(C)N(CCC#N)CC1CCC1. The van der Waals surface area contributed by atoms with Gasteiger partial charge in [-0.25, -0.2) is 0 Å². The van der Waals surface area contributed by atoms with Crippen LogP contribution in [0.3, 0.4) is 0 Å². The number of nitriles is 1. The number of nitrogens with zero attached hydrogens (tertiary/aromatic N) is 2. The molecule has 0 aromatic carbocycles. The molecule has 1 fully saturated rings. The molecule has 0 heterocycles. The van der Waals surface area contributed by atoms with E-state index in [1.807, 2.05) is 0 Å². The zero-order valence-electron chi connectivity index (χ0n) is 9.71. The predicted octanol–water partition coefficient (Wildman–Crippen LogP) is 2.80. The second-order valence-corrected chi connectivity index (χ2v) is 5.32. The Hall–Kier alpha value is -0.550. The lowest BCUT2D eigenvalue weighted by Gasteiger charge is -2.40. The molecule has 0 aromatic rings. The highest BCUT2D eigenvalue weighted by Gasteiger charge is 2.26. The zero-order chi connectivity index (χ0) is 10.6. The van der Waals surface area contributed by atoms with Gasteiger partial charge in [0.15, 0.2) is 0 Å². The highest BCUT2D eigenvalue weighted by atomic mass is 15.2. The molecule has 0 unspecified atom stereocenters. The molecule has 0 bridgehead atoms. The summed E-state index contributed by atoms with van der Waals surface area (Å²) in [5, 5.41) is 8.61. The molecular formula is C12H22N2. The van der Waals surface area contributed by atoms with Crippen LogP contribution in [0.25, 0.3) is 0 Å². The quantitative estimate of drug-likeness (QED) is 0.688. The lowest BCUT2D eigenvalue weighted by molar-refractivity contribution is 0.0921. The van der Waals surface area contributed by atoms with Gasteiger partial charge in [-0.3, -0.25) is 4.90 Å². The third-order valence-electron chi connectivity index (χ3n) is 3.15. The first-order chi connectivity index (χ1) is 6.54. The van der Waals surface area contributed by atoms with Gasteiger partial charge < -0.3 is 0 Å². The molecular weight excluding hydrogens is 172 g/mol. The fourth-order valence-electron chi connectivity index (χ4n) is 1.87. The minimum absolute atomic E-state index is 0.215. The first-order valence-electron chi connectivity index (χ1n) is 5.66. The van der Waals surface area contributed by atoms with Crippen molar-refractivity contribution in [2.24, 2.45) is 5.92 Å². The van der Waals surface area contributed by atoms with E-state index in [9.17, 15) is 0 Å². The van der Waals surface area contributed by atoms with Crippen LogP contribution in [0.2, 0.25) is 0 Å². The zero-order valence-corrected chi connectivity index (χ0v) is 9.71. The Morgan fingerprint density at radius 3 is 2.36 bits per heavy atom. The maximum absolute atomic E-state index is 8.61. The summed E-state index contributed by atoms with van der Waals surface area (Å²) in [6.07, 6.45) is 4.84. The normalized spacial score (nSPS) is 17.9. The van der Waals surface area contributed by atoms with Crippen molar-refractivity contribution >= 4 is 0 Å². The summed E-state index contributed by atoms with van der Waals surface area (Å²) in [4.78, 5) is 2.46. The number of rotatable bonds is 4. The average molecular weight is 194 g/mol. The lowest BCUT2D eigenvalue weighted by atomic mass is 9.84. The monoisotopic (exact) mass is 194 g/mol. The van der Waals surface area contributed by atoms with Crippen molar-refractivity contribution in [2.75, 3.05) is 13.1 Å². The van der Waals surface area contributed by atoms with Crippen molar-refractivity contribution in [1.82, 2.24) is 4.90 Å². The number of hydrogen-bond acceptors (Lipinski definition) is 2. The van der Waals surface area contributed by atoms with Crippen LogP contribution in [-0.4, -0.2) is 23.5 Å². The highest BCUT2D eigenvalue weighted by Crippen LogP contribution is 2.29. The van der Waals surface area contributed by atoms with E-state index >= 15 is 0 Å². The Morgan fingerprint density at radius 1 is 1.36 bits per heavy atom. The van der Waals surface area contributed by atoms with Crippen LogP contribution < -0.4 is 0 Å². The molecule has 0 aromatic heterocycles. The molecule has 0 amide bonds. The van der Waals surface area contributed by atoms with Crippen LogP contribution in [-0.2, 0) is 0 Å². The molecule has 1 saturated carbocycles. The molecule has 0 spiro atoms. The maximum atomic E-state index is 8.61. The minimum Gasteiger partial charge on any atom is -0.297 e. The summed E-state index contributed by atoms with van der Waals surface area (Å²) in [6, 6.07) is 2.24. The van der Waals surface area contributed by atoms with Crippen LogP contribution >= 0.6 is 0 Å². The van der Waals surface area contributed by atoms with E-state index in [4.69, 9.17) is 5.26 Å². The molecule has 1 rings (SSSR count). The van der Waals surface area contributed by atoms with Crippen molar-refractivity contribution < 1.29 is 0 Å². The van der Waals surface area contributed by atoms with E-state index in [2.05, 4.69) is 31.7 Å². The summed E-state index contributed by atoms with van der Waals surface area (Å²) in [6.45, 7) is 8.83. The molecule has 0 N–H and O–H groups in total. The molecule has 14 heavy (non-hydrogen) atoms. The van der Waals surface area contributed by atoms with Gasteiger partial charge in [0.05, 0.1) is 6.07 Å². The van der Waals surface area contributed by atoms with E-state index in [-0.39, 0.29) is 5.54 Å². The van der Waals surface area contributed by atoms with Crippen molar-refractivity contribution in [2.45, 2.75) is 52.0 Å². The Labute approximate surface area is 87.9 Å². The summed E-state index contributed by atoms with van der Waals surface area (Å²) >= 11 is 0. The van der Waals surface area contributed by atoms with Gasteiger partial charge in [-0.2, -0.15) is 5.26 Å². The Morgan fingerprint density at radius 2 is 2.00 bits per heavy atom. The van der Waals surface area contributed by atoms with Crippen molar-refractivity contribution in [3.8, 4) is 6.07 Å². The third kappa shape index (κ3) is 3.31. The first kappa shape index (κ1) is 11.5. The standard InChI is InChI=1S/C12H22N2/c1-12(2,3)14(9-5-8-13)10-11-6-4-7-11/h11H,4-7,9-10H2,1-3H3. The molecule has 2 heteroatoms. The summed E-state index contributed by atoms with van der Waals surface area (Å²) in [7, 11) is 0. The molecule has 1 aliphatic rings. The van der Waals surface area contributed by atoms with Crippen LogP contribution in [0.1, 0.15) is 46.5 Å². The fraction of sp³-hybridized carbons (Fsp3) is 0.917. The van der Waals surface area contributed by atoms with Gasteiger partial charge in [-0.05, 0) is 39.5 Å². The van der Waals surface area contributed by atoms with Crippen LogP contribution in [0.4, 0.5) is 0 Å². The van der Waals surface area contributed by atoms with E-state index < -0.39 is 0 Å². The average Bonchev–Trinajstić information content (AvgIpc) is 1.99. The lowest BCUT2D eigenvalue weighted by Crippen LogP contribution is -2.45. The van der Waals surface area contributed by atoms with E-state index in [1.165, 1.54) is 25.8 Å². The molecule has 2 nitrogen and oxygen atoms in total. The van der Waals surface area contributed by atoms with E-state index in [0.29, 0.717) is 6.42 Å². The van der Waals surface area contributed by atoms with Crippen LogP contribution in [0.5, 0.6) is 0 Å². The summed E-state index contributed by atoms with van der Waals surface area (Å²) < 4.78 is 0. The topological polar surface area (TPSA) is 27.0 Å². The Kier molecular flexibility index (Phi) is 3.95. The Bertz CT molecular complexity index is 205. The molecule has 80 valence electrons. The summed E-state index contributed by atoms with van der Waals surface area (Å²) in [5.74, 6) is 0.896. The second-order valence-electron chi connectivity index (χ2n) is 5.32. The van der Waals surface area contributed by atoms with Gasteiger partial charge in [-0.15, -0.1) is 0 Å². The van der Waals surface area contributed by atoms with Gasteiger partial charge in [-0.1, -0.05) is 6.42 Å². The van der Waals surface area contributed by atoms with Crippen molar-refractivity contribution in [3.05, 3.63) is 0 Å². The predicted molar refractivity (Wildman–Crippen MR) is 58.9 cm³/mol. The maximum Gasteiger partial charge on any atom is 0.0635 e. The first-order valence-corrected chi connectivity index (χ1v) is 5.66. The molecule has 0 atom stereocenters. The van der Waals surface area contributed by atoms with Gasteiger partial charge in [0.2, 0.25) is 0 Å². The third-order valence-corrected chi connectivity index (χ3v) is 3.15. The fourth-order valence-corrected chi connectivity index (χ4v) is 1.87.